The van der Waals surface area contributed by atoms with E-state index in [1.54, 1.807) is 38.5 Å². The zero-order chi connectivity index (χ0) is 35.6. The lowest BCUT2D eigenvalue weighted by Gasteiger charge is -2.22. The topological polar surface area (TPSA) is 111 Å². The second-order valence-corrected chi connectivity index (χ2v) is 12.8. The van der Waals surface area contributed by atoms with Crippen molar-refractivity contribution in [3.63, 3.8) is 0 Å². The fourth-order valence-corrected chi connectivity index (χ4v) is 6.86. The second-order valence-electron chi connectivity index (χ2n) is 12.8. The minimum atomic E-state index is -0.269. The Balaban J connectivity index is 0.975. The summed E-state index contributed by atoms with van der Waals surface area (Å²) in [6, 6.07) is 30.4. The molecule has 10 heteroatoms. The minimum Gasteiger partial charge on any atom is -0.493 e. The van der Waals surface area contributed by atoms with E-state index in [-0.39, 0.29) is 31.1 Å². The Kier molecular flexibility index (Phi) is 8.86. The number of rotatable bonds is 8. The van der Waals surface area contributed by atoms with E-state index in [4.69, 9.17) is 23.9 Å². The van der Waals surface area contributed by atoms with Crippen molar-refractivity contribution in [2.24, 2.45) is 9.98 Å². The Morgan fingerprint density at radius 3 is 2.10 bits per heavy atom. The van der Waals surface area contributed by atoms with Crippen LogP contribution in [0.1, 0.15) is 49.4 Å². The number of hydrogen-bond donors (Lipinski definition) is 1. The van der Waals surface area contributed by atoms with Crippen LogP contribution in [0.3, 0.4) is 0 Å². The van der Waals surface area contributed by atoms with Gasteiger partial charge in [0.05, 0.1) is 42.8 Å². The van der Waals surface area contributed by atoms with Crippen LogP contribution in [-0.2, 0) is 26.1 Å². The summed E-state index contributed by atoms with van der Waals surface area (Å²) in [6.07, 6.45) is 5.88. The number of nitrogens with zero attached hydrogens (tertiary/aromatic N) is 3. The van der Waals surface area contributed by atoms with Crippen molar-refractivity contribution >= 4 is 47.0 Å². The van der Waals surface area contributed by atoms with Crippen LogP contribution in [0.2, 0.25) is 0 Å². The summed E-state index contributed by atoms with van der Waals surface area (Å²) in [5.74, 6) is 1.45. The smallest absolute Gasteiger partial charge is 0.261 e. The van der Waals surface area contributed by atoms with E-state index >= 15 is 0 Å². The third kappa shape index (κ3) is 6.35. The number of benzene rings is 5. The summed E-state index contributed by atoms with van der Waals surface area (Å²) < 4.78 is 23.8. The number of hydrogen-bond acceptors (Lipinski definition) is 8. The van der Waals surface area contributed by atoms with Crippen molar-refractivity contribution in [2.45, 2.75) is 38.5 Å². The zero-order valence-corrected chi connectivity index (χ0v) is 28.8. The molecular weight excluding hydrogens is 656 g/mol. The number of aliphatic imine (C=N–C) groups is 2. The minimum absolute atomic E-state index is 0.117. The van der Waals surface area contributed by atoms with Crippen LogP contribution in [0.25, 0.3) is 0 Å². The largest absolute Gasteiger partial charge is 0.493 e. The molecule has 5 aromatic carbocycles. The van der Waals surface area contributed by atoms with Gasteiger partial charge in [0, 0.05) is 42.4 Å². The van der Waals surface area contributed by atoms with E-state index in [0.29, 0.717) is 45.5 Å². The molecule has 3 aliphatic heterocycles. The highest BCUT2D eigenvalue weighted by Crippen LogP contribution is 2.41. The lowest BCUT2D eigenvalue weighted by Crippen LogP contribution is -2.37. The Hall–Kier alpha value is -6.42. The van der Waals surface area contributed by atoms with Gasteiger partial charge < -0.3 is 24.3 Å². The second kappa shape index (κ2) is 14.1. The number of para-hydroxylation sites is 2. The molecule has 0 radical (unpaired) electrons. The van der Waals surface area contributed by atoms with Gasteiger partial charge in [-0.05, 0) is 65.4 Å². The molecule has 0 bridgehead atoms. The van der Waals surface area contributed by atoms with Gasteiger partial charge >= 0.3 is 0 Å². The molecule has 3 aliphatic rings. The van der Waals surface area contributed by atoms with Gasteiger partial charge in [0.1, 0.15) is 13.2 Å². The third-order valence-corrected chi connectivity index (χ3v) is 9.47. The van der Waals surface area contributed by atoms with Gasteiger partial charge in [-0.3, -0.25) is 24.5 Å². The predicted octanol–water partition coefficient (Wildman–Crippen LogP) is 8.05. The van der Waals surface area contributed by atoms with Crippen LogP contribution in [0, 0.1) is 0 Å². The number of fused-ring (bicyclic) bond motifs is 6. The number of aryl methyl sites for hydroxylation is 1. The SMILES string of the molecule is COc1cc2c(cc1OCc1cccc(COc3cc4c(cc3OC)C(=O)Nc3ccccc3CC/C=N\4)c1)N=C[C@@H]1Cc3ccccc3N1C2=O. The third-order valence-electron chi connectivity index (χ3n) is 9.47. The predicted molar refractivity (Wildman–Crippen MR) is 201 cm³/mol. The number of ether oxygens (including phenoxy) is 4. The maximum absolute atomic E-state index is 13.8. The number of methoxy groups -OCH3 is 2. The summed E-state index contributed by atoms with van der Waals surface area (Å²) in [5.41, 5.74) is 7.60. The zero-order valence-electron chi connectivity index (χ0n) is 28.8. The van der Waals surface area contributed by atoms with Gasteiger partial charge in [-0.1, -0.05) is 54.6 Å². The molecule has 0 spiro atoms. The average molecular weight is 693 g/mol. The molecule has 0 aliphatic carbocycles. The van der Waals surface area contributed by atoms with Gasteiger partial charge in [0.15, 0.2) is 23.0 Å². The van der Waals surface area contributed by atoms with Crippen molar-refractivity contribution in [3.05, 3.63) is 130 Å². The molecular formula is C42H36N4O6. The fraction of sp³-hybridized carbons (Fsp3) is 0.190. The summed E-state index contributed by atoms with van der Waals surface area (Å²) >= 11 is 0. The first kappa shape index (κ1) is 32.8. The van der Waals surface area contributed by atoms with Crippen LogP contribution in [0.4, 0.5) is 22.7 Å². The molecule has 1 N–H and O–H groups in total. The van der Waals surface area contributed by atoms with Crippen molar-refractivity contribution < 1.29 is 28.5 Å². The molecule has 8 rings (SSSR count). The number of carbonyl (C=O) groups excluding carboxylic acids is 2. The van der Waals surface area contributed by atoms with E-state index in [1.807, 2.05) is 84.1 Å². The number of nitrogens with one attached hydrogen (secondary N) is 1. The molecule has 3 heterocycles. The van der Waals surface area contributed by atoms with Crippen LogP contribution in [0.15, 0.2) is 107 Å². The van der Waals surface area contributed by atoms with E-state index < -0.39 is 0 Å². The van der Waals surface area contributed by atoms with Gasteiger partial charge in [-0.25, -0.2) is 0 Å². The Bertz CT molecular complexity index is 2230. The van der Waals surface area contributed by atoms with Crippen molar-refractivity contribution in [1.29, 1.82) is 0 Å². The van der Waals surface area contributed by atoms with Crippen molar-refractivity contribution in [3.8, 4) is 23.0 Å². The fourth-order valence-electron chi connectivity index (χ4n) is 6.86. The van der Waals surface area contributed by atoms with Gasteiger partial charge in [-0.15, -0.1) is 0 Å². The first-order valence-corrected chi connectivity index (χ1v) is 17.1. The highest BCUT2D eigenvalue weighted by molar-refractivity contribution is 6.15. The molecule has 0 saturated carbocycles. The van der Waals surface area contributed by atoms with Crippen LogP contribution in [0.5, 0.6) is 23.0 Å². The Morgan fingerprint density at radius 1 is 0.712 bits per heavy atom. The molecule has 260 valence electrons. The molecule has 52 heavy (non-hydrogen) atoms. The van der Waals surface area contributed by atoms with Crippen LogP contribution >= 0.6 is 0 Å². The first-order valence-electron chi connectivity index (χ1n) is 17.1. The molecule has 5 aromatic rings. The monoisotopic (exact) mass is 692 g/mol. The molecule has 1 atom stereocenters. The van der Waals surface area contributed by atoms with Gasteiger partial charge in [0.2, 0.25) is 0 Å². The average Bonchev–Trinajstić information content (AvgIpc) is 3.49. The number of amides is 2. The van der Waals surface area contributed by atoms with E-state index in [9.17, 15) is 9.59 Å². The lowest BCUT2D eigenvalue weighted by atomic mass is 10.1. The molecule has 0 saturated heterocycles. The quantitative estimate of drug-likeness (QED) is 0.176. The van der Waals surface area contributed by atoms with E-state index in [2.05, 4.69) is 16.4 Å². The molecule has 0 fully saturated rings. The normalized spacial score (nSPS) is 16.3. The summed E-state index contributed by atoms with van der Waals surface area (Å²) in [7, 11) is 3.10. The Labute approximate surface area is 301 Å². The summed E-state index contributed by atoms with van der Waals surface area (Å²) in [5, 5.41) is 3.03. The molecule has 0 aromatic heterocycles. The molecule has 0 unspecified atom stereocenters. The highest BCUT2D eigenvalue weighted by Gasteiger charge is 2.36. The highest BCUT2D eigenvalue weighted by atomic mass is 16.5. The summed E-state index contributed by atoms with van der Waals surface area (Å²) in [4.78, 5) is 38.3. The maximum atomic E-state index is 13.8. The first-order chi connectivity index (χ1) is 25.5. The van der Waals surface area contributed by atoms with Crippen molar-refractivity contribution in [1.82, 2.24) is 0 Å². The lowest BCUT2D eigenvalue weighted by molar-refractivity contribution is 0.0985. The van der Waals surface area contributed by atoms with E-state index in [0.717, 1.165) is 52.9 Å². The van der Waals surface area contributed by atoms with Gasteiger partial charge in [0.25, 0.3) is 11.8 Å². The van der Waals surface area contributed by atoms with E-state index in [1.165, 1.54) is 0 Å². The van der Waals surface area contributed by atoms with Crippen LogP contribution < -0.4 is 29.2 Å². The van der Waals surface area contributed by atoms with Crippen LogP contribution in [-0.4, -0.2) is 44.5 Å². The molecule has 2 amide bonds. The standard InChI is InChI=1S/C42H36N4O6/c1-49-37-19-31-34(43-16-8-13-28-11-3-5-14-33(28)45-41(31)47)21-39(37)51-24-26-9-7-10-27(17-26)25-52-40-22-35-32(20-38(40)50-2)42(48)46-30(23-44-35)18-29-12-4-6-15-36(29)46/h3-7,9-12,14-17,19-23,30H,8,13,18,24-25H2,1-2H3,(H,45,47)/b43-16-/t30-/m0/s1. The van der Waals surface area contributed by atoms with Gasteiger partial charge in [-0.2, -0.15) is 0 Å². The number of carbonyl (C=O) groups is 2. The summed E-state index contributed by atoms with van der Waals surface area (Å²) in [6.45, 7) is 0.490. The van der Waals surface area contributed by atoms with Crippen molar-refractivity contribution in [2.75, 3.05) is 24.4 Å². The maximum Gasteiger partial charge on any atom is 0.261 e. The Morgan fingerprint density at radius 2 is 1.37 bits per heavy atom. The molecule has 10 nitrogen and oxygen atoms in total. The number of anilines is 2.